The average molecular weight is 504 g/mol. The summed E-state index contributed by atoms with van der Waals surface area (Å²) in [5.74, 6) is 1.15. The summed E-state index contributed by atoms with van der Waals surface area (Å²) in [6, 6.07) is 7.69. The number of carbonyl (C=O) groups is 1. The molecule has 28 heavy (non-hydrogen) atoms. The lowest BCUT2D eigenvalue weighted by Crippen LogP contribution is -2.47. The number of hydrogen-bond acceptors (Lipinski definition) is 4. The molecule has 7 nitrogen and oxygen atoms in total. The van der Waals surface area contributed by atoms with Crippen LogP contribution in [0.3, 0.4) is 0 Å². The van der Waals surface area contributed by atoms with E-state index in [1.165, 1.54) is 5.56 Å². The minimum absolute atomic E-state index is 0. The first-order valence-corrected chi connectivity index (χ1v) is 9.77. The van der Waals surface area contributed by atoms with Crippen LogP contribution in [0, 0.1) is 0 Å². The van der Waals surface area contributed by atoms with Crippen LogP contribution in [0.5, 0.6) is 5.75 Å². The summed E-state index contributed by atoms with van der Waals surface area (Å²) in [6.45, 7) is 8.35. The molecular weight excluding hydrogens is 471 g/mol. The Balaban J connectivity index is 0.00000392. The number of likely N-dealkylation sites (tertiary alicyclic amines) is 1. The number of nitrogens with two attached hydrogens (primary N) is 1. The topological polar surface area (TPSA) is 89.2 Å². The van der Waals surface area contributed by atoms with E-state index in [4.69, 9.17) is 20.2 Å². The number of piperidine rings is 1. The van der Waals surface area contributed by atoms with Crippen LogP contribution in [0.2, 0.25) is 0 Å². The van der Waals surface area contributed by atoms with E-state index in [2.05, 4.69) is 17.1 Å². The number of nitrogens with zero attached hydrogens (tertiary/aromatic N) is 2. The van der Waals surface area contributed by atoms with Crippen molar-refractivity contribution in [3.05, 3.63) is 29.8 Å². The van der Waals surface area contributed by atoms with Crippen LogP contribution >= 0.6 is 24.0 Å². The molecule has 0 atom stereocenters. The van der Waals surface area contributed by atoms with Crippen molar-refractivity contribution in [1.29, 1.82) is 0 Å². The van der Waals surface area contributed by atoms with E-state index >= 15 is 0 Å². The molecule has 0 unspecified atom stereocenters. The molecule has 158 valence electrons. The van der Waals surface area contributed by atoms with Crippen LogP contribution in [-0.4, -0.2) is 62.3 Å². The maximum atomic E-state index is 10.7. The summed E-state index contributed by atoms with van der Waals surface area (Å²) >= 11 is 0. The highest BCUT2D eigenvalue weighted by atomic mass is 127. The molecule has 1 amide bonds. The van der Waals surface area contributed by atoms with E-state index in [9.17, 15) is 4.79 Å². The maximum Gasteiger partial charge on any atom is 0.255 e. The first-order chi connectivity index (χ1) is 13.1. The average Bonchev–Trinajstić information content (AvgIpc) is 2.67. The Hall–Kier alpha value is -1.55. The minimum Gasteiger partial charge on any atom is -0.484 e. The Kier molecular flexibility index (Phi) is 11.9. The first kappa shape index (κ1) is 24.5. The van der Waals surface area contributed by atoms with E-state index < -0.39 is 5.91 Å². The van der Waals surface area contributed by atoms with E-state index in [-0.39, 0.29) is 30.6 Å². The van der Waals surface area contributed by atoms with Crippen LogP contribution < -0.4 is 15.8 Å². The third kappa shape index (κ3) is 8.64. The normalized spacial score (nSPS) is 15.1. The lowest BCUT2D eigenvalue weighted by molar-refractivity contribution is -0.119. The summed E-state index contributed by atoms with van der Waals surface area (Å²) in [5.41, 5.74) is 6.25. The zero-order chi connectivity index (χ0) is 19.5. The molecular formula is C20H33IN4O3. The van der Waals surface area contributed by atoms with Gasteiger partial charge in [-0.2, -0.15) is 0 Å². The standard InChI is InChI=1S/C20H32N4O3.HI/c1-3-22-20(24-13-10-18(11-14-24)26-4-2)23-12-9-16-5-7-17(8-6-16)27-15-19(21)25;/h5-8,18H,3-4,9-15H2,1-2H3,(H2,21,25)(H,22,23);1H. The number of rotatable bonds is 9. The smallest absolute Gasteiger partial charge is 0.255 e. The van der Waals surface area contributed by atoms with Gasteiger partial charge in [0.1, 0.15) is 5.75 Å². The number of halogens is 1. The quantitative estimate of drug-likeness (QED) is 0.306. The third-order valence-corrected chi connectivity index (χ3v) is 4.45. The van der Waals surface area contributed by atoms with Crippen molar-refractivity contribution in [1.82, 2.24) is 10.2 Å². The molecule has 1 aromatic carbocycles. The Morgan fingerprint density at radius 2 is 1.93 bits per heavy atom. The second kappa shape index (κ2) is 13.6. The highest BCUT2D eigenvalue weighted by Gasteiger charge is 2.21. The summed E-state index contributed by atoms with van der Waals surface area (Å²) in [7, 11) is 0. The van der Waals surface area contributed by atoms with E-state index in [0.29, 0.717) is 11.9 Å². The lowest BCUT2D eigenvalue weighted by atomic mass is 10.1. The minimum atomic E-state index is -0.477. The van der Waals surface area contributed by atoms with Crippen molar-refractivity contribution in [3.63, 3.8) is 0 Å². The monoisotopic (exact) mass is 504 g/mol. The van der Waals surface area contributed by atoms with Crippen LogP contribution in [0.25, 0.3) is 0 Å². The predicted octanol–water partition coefficient (Wildman–Crippen LogP) is 2.18. The fourth-order valence-electron chi connectivity index (χ4n) is 3.09. The largest absolute Gasteiger partial charge is 0.484 e. The Labute approximate surface area is 185 Å². The van der Waals surface area contributed by atoms with Gasteiger partial charge in [0.15, 0.2) is 12.6 Å². The number of amides is 1. The molecule has 0 radical (unpaired) electrons. The van der Waals surface area contributed by atoms with Gasteiger partial charge in [-0.15, -0.1) is 24.0 Å². The second-order valence-electron chi connectivity index (χ2n) is 6.53. The van der Waals surface area contributed by atoms with Crippen molar-refractivity contribution in [2.24, 2.45) is 10.7 Å². The summed E-state index contributed by atoms with van der Waals surface area (Å²) < 4.78 is 11.0. The number of hydrogen-bond donors (Lipinski definition) is 2. The second-order valence-corrected chi connectivity index (χ2v) is 6.53. The third-order valence-electron chi connectivity index (χ3n) is 4.45. The molecule has 2 rings (SSSR count). The van der Waals surface area contributed by atoms with Crippen LogP contribution in [-0.2, 0) is 16.0 Å². The van der Waals surface area contributed by atoms with Gasteiger partial charge in [0.2, 0.25) is 0 Å². The number of benzene rings is 1. The zero-order valence-corrected chi connectivity index (χ0v) is 19.2. The number of nitrogens with one attached hydrogen (secondary N) is 1. The first-order valence-electron chi connectivity index (χ1n) is 9.77. The molecule has 1 aromatic rings. The maximum absolute atomic E-state index is 10.7. The van der Waals surface area contributed by atoms with Gasteiger partial charge in [0, 0.05) is 32.8 Å². The van der Waals surface area contributed by atoms with Crippen LogP contribution in [0.15, 0.2) is 29.3 Å². The van der Waals surface area contributed by atoms with E-state index in [1.54, 1.807) is 0 Å². The number of ether oxygens (including phenoxy) is 2. The summed E-state index contributed by atoms with van der Waals surface area (Å²) in [5, 5.41) is 3.39. The summed E-state index contributed by atoms with van der Waals surface area (Å²) in [4.78, 5) is 17.8. The van der Waals surface area contributed by atoms with Gasteiger partial charge in [0.25, 0.3) is 5.91 Å². The molecule has 1 saturated heterocycles. The molecule has 0 spiro atoms. The van der Waals surface area contributed by atoms with Gasteiger partial charge < -0.3 is 25.4 Å². The number of primary amides is 1. The number of aliphatic imine (C=N–C) groups is 1. The van der Waals surface area contributed by atoms with Crippen molar-refractivity contribution in [3.8, 4) is 5.75 Å². The Morgan fingerprint density at radius 1 is 1.25 bits per heavy atom. The Morgan fingerprint density at radius 3 is 2.50 bits per heavy atom. The van der Waals surface area contributed by atoms with Gasteiger partial charge in [-0.3, -0.25) is 9.79 Å². The molecule has 1 fully saturated rings. The van der Waals surface area contributed by atoms with E-state index in [0.717, 1.165) is 58.0 Å². The predicted molar refractivity (Wildman–Crippen MR) is 122 cm³/mol. The number of guanidine groups is 1. The molecule has 0 bridgehead atoms. The molecule has 0 aliphatic carbocycles. The summed E-state index contributed by atoms with van der Waals surface area (Å²) in [6.07, 6.45) is 3.32. The molecule has 0 aromatic heterocycles. The lowest BCUT2D eigenvalue weighted by Gasteiger charge is -2.34. The van der Waals surface area contributed by atoms with Gasteiger partial charge in [-0.1, -0.05) is 12.1 Å². The van der Waals surface area contributed by atoms with Gasteiger partial charge in [-0.05, 0) is 50.8 Å². The van der Waals surface area contributed by atoms with Gasteiger partial charge >= 0.3 is 0 Å². The van der Waals surface area contributed by atoms with Crippen molar-refractivity contribution in [2.45, 2.75) is 39.2 Å². The van der Waals surface area contributed by atoms with Crippen molar-refractivity contribution >= 4 is 35.8 Å². The Bertz CT molecular complexity index is 602. The van der Waals surface area contributed by atoms with Crippen LogP contribution in [0.1, 0.15) is 32.3 Å². The molecule has 3 N–H and O–H groups in total. The zero-order valence-electron chi connectivity index (χ0n) is 16.9. The van der Waals surface area contributed by atoms with Gasteiger partial charge in [-0.25, -0.2) is 0 Å². The molecule has 1 heterocycles. The fraction of sp³-hybridized carbons (Fsp3) is 0.600. The SMILES string of the molecule is CCNC(=NCCc1ccc(OCC(N)=O)cc1)N1CCC(OCC)CC1.I. The van der Waals surface area contributed by atoms with Crippen LogP contribution in [0.4, 0.5) is 0 Å². The fourth-order valence-corrected chi connectivity index (χ4v) is 3.09. The van der Waals surface area contributed by atoms with Crippen molar-refractivity contribution in [2.75, 3.05) is 39.4 Å². The molecule has 1 aliphatic heterocycles. The number of carbonyl (C=O) groups excluding carboxylic acids is 1. The highest BCUT2D eigenvalue weighted by Crippen LogP contribution is 2.15. The molecule has 0 saturated carbocycles. The molecule has 8 heteroatoms. The van der Waals surface area contributed by atoms with E-state index in [1.807, 2.05) is 31.2 Å². The van der Waals surface area contributed by atoms with Crippen molar-refractivity contribution < 1.29 is 14.3 Å². The molecule has 1 aliphatic rings. The highest BCUT2D eigenvalue weighted by molar-refractivity contribution is 14.0. The van der Waals surface area contributed by atoms with Gasteiger partial charge in [0.05, 0.1) is 6.10 Å².